The molecule has 1 rings (SSSR count). The first-order chi connectivity index (χ1) is 8.90. The Labute approximate surface area is 112 Å². The predicted molar refractivity (Wildman–Crippen MR) is 72.5 cm³/mol. The van der Waals surface area contributed by atoms with Gasteiger partial charge >= 0.3 is 11.9 Å². The van der Waals surface area contributed by atoms with Gasteiger partial charge in [-0.2, -0.15) is 0 Å². The van der Waals surface area contributed by atoms with Gasteiger partial charge in [0.25, 0.3) is 0 Å². The summed E-state index contributed by atoms with van der Waals surface area (Å²) in [6, 6.07) is 1.49. The van der Waals surface area contributed by atoms with Gasteiger partial charge in [-0.1, -0.05) is 13.3 Å². The van der Waals surface area contributed by atoms with Crippen LogP contribution in [-0.4, -0.2) is 23.7 Å². The van der Waals surface area contributed by atoms with Gasteiger partial charge in [0.2, 0.25) is 0 Å². The van der Waals surface area contributed by atoms with Crippen molar-refractivity contribution in [2.75, 3.05) is 12.3 Å². The van der Waals surface area contributed by atoms with Gasteiger partial charge in [-0.05, 0) is 37.5 Å². The lowest BCUT2D eigenvalue weighted by Crippen LogP contribution is -2.15. The van der Waals surface area contributed by atoms with Crippen molar-refractivity contribution < 1.29 is 19.4 Å². The number of carboxylic acid groups (broad SMARTS) is 1. The fraction of sp³-hybridized carbons (Fsp3) is 0.429. The number of carboxylic acids is 1. The van der Waals surface area contributed by atoms with E-state index in [4.69, 9.17) is 15.6 Å². The summed E-state index contributed by atoms with van der Waals surface area (Å²) in [5, 5.41) is 9.13. The highest BCUT2D eigenvalue weighted by molar-refractivity contribution is 6.02. The molecule has 0 unspecified atom stereocenters. The number of esters is 1. The number of benzene rings is 1. The first-order valence-electron chi connectivity index (χ1n) is 6.20. The lowest BCUT2D eigenvalue weighted by atomic mass is 9.96. The van der Waals surface area contributed by atoms with Crippen LogP contribution < -0.4 is 5.73 Å². The SMILES string of the molecule is CCCCOC(=O)c1c(C)cc(N)c(C(=O)O)c1C. The average molecular weight is 265 g/mol. The molecule has 0 saturated heterocycles. The maximum atomic E-state index is 12.0. The zero-order valence-corrected chi connectivity index (χ0v) is 11.4. The standard InChI is InChI=1S/C14H19NO4/c1-4-5-6-19-14(18)11-8(2)7-10(15)12(9(11)3)13(16)17/h7H,4-6,15H2,1-3H3,(H,16,17). The molecular formula is C14H19NO4. The molecule has 0 heterocycles. The molecule has 0 aliphatic rings. The molecule has 0 bridgehead atoms. The van der Waals surface area contributed by atoms with Crippen LogP contribution in [0.2, 0.25) is 0 Å². The van der Waals surface area contributed by atoms with Gasteiger partial charge in [0.05, 0.1) is 17.7 Å². The Morgan fingerprint density at radius 1 is 1.32 bits per heavy atom. The molecule has 3 N–H and O–H groups in total. The molecular weight excluding hydrogens is 246 g/mol. The minimum absolute atomic E-state index is 0.0342. The third-order valence-corrected chi connectivity index (χ3v) is 2.95. The summed E-state index contributed by atoms with van der Waals surface area (Å²) < 4.78 is 5.13. The van der Waals surface area contributed by atoms with Gasteiger partial charge in [0.15, 0.2) is 0 Å². The predicted octanol–water partition coefficient (Wildman–Crippen LogP) is 2.54. The van der Waals surface area contributed by atoms with Crippen molar-refractivity contribution in [3.8, 4) is 0 Å². The first kappa shape index (κ1) is 15.0. The van der Waals surface area contributed by atoms with Crippen molar-refractivity contribution in [2.24, 2.45) is 0 Å². The highest BCUT2D eigenvalue weighted by Gasteiger charge is 2.22. The fourth-order valence-electron chi connectivity index (χ4n) is 1.99. The second kappa shape index (κ2) is 6.22. The average Bonchev–Trinajstić information content (AvgIpc) is 2.27. The summed E-state index contributed by atoms with van der Waals surface area (Å²) >= 11 is 0. The number of nitrogen functional groups attached to an aromatic ring is 1. The summed E-state index contributed by atoms with van der Waals surface area (Å²) in [6.45, 7) is 5.62. The van der Waals surface area contributed by atoms with Gasteiger partial charge in [0, 0.05) is 5.69 Å². The van der Waals surface area contributed by atoms with Crippen molar-refractivity contribution in [1.29, 1.82) is 0 Å². The van der Waals surface area contributed by atoms with E-state index in [-0.39, 0.29) is 11.3 Å². The van der Waals surface area contributed by atoms with Crippen molar-refractivity contribution in [2.45, 2.75) is 33.6 Å². The Bertz CT molecular complexity index is 509. The molecule has 0 spiro atoms. The van der Waals surface area contributed by atoms with Crippen LogP contribution in [-0.2, 0) is 4.74 Å². The van der Waals surface area contributed by atoms with E-state index in [1.807, 2.05) is 6.92 Å². The van der Waals surface area contributed by atoms with Gasteiger partial charge in [-0.3, -0.25) is 0 Å². The summed E-state index contributed by atoms with van der Waals surface area (Å²) in [6.07, 6.45) is 1.71. The number of ether oxygens (including phenoxy) is 1. The monoisotopic (exact) mass is 265 g/mol. The molecule has 1 aromatic rings. The van der Waals surface area contributed by atoms with Crippen LogP contribution in [0.15, 0.2) is 6.07 Å². The van der Waals surface area contributed by atoms with E-state index in [9.17, 15) is 9.59 Å². The van der Waals surface area contributed by atoms with Crippen LogP contribution >= 0.6 is 0 Å². The van der Waals surface area contributed by atoms with Crippen molar-refractivity contribution in [3.05, 3.63) is 28.3 Å². The Morgan fingerprint density at radius 2 is 1.95 bits per heavy atom. The molecule has 0 fully saturated rings. The Hall–Kier alpha value is -2.04. The van der Waals surface area contributed by atoms with Crippen LogP contribution in [0.3, 0.4) is 0 Å². The smallest absolute Gasteiger partial charge is 0.338 e. The van der Waals surface area contributed by atoms with E-state index in [0.29, 0.717) is 23.3 Å². The highest BCUT2D eigenvalue weighted by Crippen LogP contribution is 2.25. The molecule has 19 heavy (non-hydrogen) atoms. The Morgan fingerprint density at radius 3 is 2.47 bits per heavy atom. The number of nitrogens with two attached hydrogens (primary N) is 1. The number of carbonyl (C=O) groups excluding carboxylic acids is 1. The molecule has 5 nitrogen and oxygen atoms in total. The van der Waals surface area contributed by atoms with Gasteiger partial charge in [0.1, 0.15) is 0 Å². The Balaban J connectivity index is 3.17. The summed E-state index contributed by atoms with van der Waals surface area (Å²) in [5.74, 6) is -1.64. The van der Waals surface area contributed by atoms with E-state index in [0.717, 1.165) is 12.8 Å². The van der Waals surface area contributed by atoms with Crippen LogP contribution in [0.25, 0.3) is 0 Å². The van der Waals surface area contributed by atoms with E-state index < -0.39 is 11.9 Å². The number of carbonyl (C=O) groups is 2. The number of anilines is 1. The third kappa shape index (κ3) is 3.24. The van der Waals surface area contributed by atoms with Gasteiger partial charge < -0.3 is 15.6 Å². The number of hydrogen-bond donors (Lipinski definition) is 2. The molecule has 0 aliphatic heterocycles. The minimum Gasteiger partial charge on any atom is -0.478 e. The number of hydrogen-bond acceptors (Lipinski definition) is 4. The lowest BCUT2D eigenvalue weighted by molar-refractivity contribution is 0.0498. The van der Waals surface area contributed by atoms with E-state index in [1.54, 1.807) is 13.8 Å². The number of aryl methyl sites for hydroxylation is 1. The van der Waals surface area contributed by atoms with Crippen LogP contribution in [0.5, 0.6) is 0 Å². The molecule has 0 radical (unpaired) electrons. The maximum Gasteiger partial charge on any atom is 0.338 e. The van der Waals surface area contributed by atoms with Crippen molar-refractivity contribution in [3.63, 3.8) is 0 Å². The zero-order valence-electron chi connectivity index (χ0n) is 11.4. The second-order valence-electron chi connectivity index (χ2n) is 4.45. The largest absolute Gasteiger partial charge is 0.478 e. The molecule has 0 aromatic heterocycles. The van der Waals surface area contributed by atoms with E-state index in [1.165, 1.54) is 6.07 Å². The zero-order chi connectivity index (χ0) is 14.6. The van der Waals surface area contributed by atoms with Crippen LogP contribution in [0.1, 0.15) is 51.6 Å². The minimum atomic E-state index is -1.14. The molecule has 0 atom stereocenters. The Kier molecular flexibility index (Phi) is 4.92. The van der Waals surface area contributed by atoms with Crippen molar-refractivity contribution in [1.82, 2.24) is 0 Å². The number of aromatic carboxylic acids is 1. The van der Waals surface area contributed by atoms with Crippen molar-refractivity contribution >= 4 is 17.6 Å². The molecule has 0 saturated carbocycles. The van der Waals surface area contributed by atoms with Crippen LogP contribution in [0, 0.1) is 13.8 Å². The van der Waals surface area contributed by atoms with Crippen LogP contribution in [0.4, 0.5) is 5.69 Å². The van der Waals surface area contributed by atoms with Gasteiger partial charge in [-0.15, -0.1) is 0 Å². The molecule has 0 aliphatic carbocycles. The molecule has 5 heteroatoms. The summed E-state index contributed by atoms with van der Waals surface area (Å²) in [5.41, 5.74) is 7.08. The molecule has 1 aromatic carbocycles. The summed E-state index contributed by atoms with van der Waals surface area (Å²) in [7, 11) is 0. The third-order valence-electron chi connectivity index (χ3n) is 2.95. The normalized spacial score (nSPS) is 10.3. The first-order valence-corrected chi connectivity index (χ1v) is 6.20. The quantitative estimate of drug-likeness (QED) is 0.485. The number of unbranched alkanes of at least 4 members (excludes halogenated alkanes) is 1. The van der Waals surface area contributed by atoms with E-state index in [2.05, 4.69) is 0 Å². The number of rotatable bonds is 5. The second-order valence-corrected chi connectivity index (χ2v) is 4.45. The van der Waals surface area contributed by atoms with E-state index >= 15 is 0 Å². The molecule has 104 valence electrons. The maximum absolute atomic E-state index is 12.0. The van der Waals surface area contributed by atoms with Gasteiger partial charge in [-0.25, -0.2) is 9.59 Å². The fourth-order valence-corrected chi connectivity index (χ4v) is 1.99. The molecule has 0 amide bonds. The summed E-state index contributed by atoms with van der Waals surface area (Å²) in [4.78, 5) is 23.1. The topological polar surface area (TPSA) is 89.6 Å². The lowest BCUT2D eigenvalue weighted by Gasteiger charge is -2.14. The highest BCUT2D eigenvalue weighted by atomic mass is 16.5.